The summed E-state index contributed by atoms with van der Waals surface area (Å²) < 4.78 is 24.7. The van der Waals surface area contributed by atoms with Gasteiger partial charge >= 0.3 is 5.97 Å². The van der Waals surface area contributed by atoms with Gasteiger partial charge in [-0.05, 0) is 89.1 Å². The van der Waals surface area contributed by atoms with Gasteiger partial charge in [-0.2, -0.15) is 5.26 Å². The molecule has 3 N–H and O–H groups in total. The van der Waals surface area contributed by atoms with E-state index in [1.165, 1.54) is 60.7 Å². The first kappa shape index (κ1) is 27.9. The van der Waals surface area contributed by atoms with Crippen LogP contribution in [0.1, 0.15) is 22.8 Å². The van der Waals surface area contributed by atoms with E-state index < -0.39 is 23.6 Å². The summed E-state index contributed by atoms with van der Waals surface area (Å²) in [5.41, 5.74) is 0.788. The Kier molecular flexibility index (Phi) is 9.56. The highest BCUT2D eigenvalue weighted by Crippen LogP contribution is 2.37. The maximum absolute atomic E-state index is 13.1. The van der Waals surface area contributed by atoms with Gasteiger partial charge in [-0.1, -0.05) is 6.07 Å². The molecule has 3 rings (SSSR count). The van der Waals surface area contributed by atoms with Crippen molar-refractivity contribution in [2.24, 2.45) is 0 Å². The minimum Gasteiger partial charge on any atom is -0.490 e. The molecule has 0 aliphatic heterocycles. The lowest BCUT2D eigenvalue weighted by atomic mass is 10.1. The van der Waals surface area contributed by atoms with Crippen molar-refractivity contribution >= 4 is 51.2 Å². The molecule has 194 valence electrons. The molecule has 0 bridgehead atoms. The third kappa shape index (κ3) is 7.65. The number of carbonyl (C=O) groups is 3. The van der Waals surface area contributed by atoms with Crippen molar-refractivity contribution in [3.05, 3.63) is 87.7 Å². The molecule has 0 radical (unpaired) electrons. The number of carboxylic acids is 1. The molecule has 0 atom stereocenters. The molecule has 0 saturated heterocycles. The van der Waals surface area contributed by atoms with Crippen molar-refractivity contribution in [3.8, 4) is 17.6 Å². The topological polar surface area (TPSA) is 138 Å². The number of carbonyl (C=O) groups excluding carboxylic acids is 2. The van der Waals surface area contributed by atoms with Crippen LogP contribution >= 0.6 is 15.9 Å². The van der Waals surface area contributed by atoms with Crippen molar-refractivity contribution < 1.29 is 33.4 Å². The van der Waals surface area contributed by atoms with E-state index in [1.807, 2.05) is 6.07 Å². The van der Waals surface area contributed by atoms with Gasteiger partial charge in [-0.3, -0.25) is 9.59 Å². The van der Waals surface area contributed by atoms with Crippen LogP contribution in [-0.2, 0) is 9.59 Å². The second-order valence-electron chi connectivity index (χ2n) is 7.62. The van der Waals surface area contributed by atoms with Crippen molar-refractivity contribution in [2.45, 2.75) is 6.92 Å². The standard InChI is InChI=1S/C27H21BrFN3O6/c1-2-37-23-12-16(10-18(14-30)26(34)32-21-5-3-4-17(13-21)27(35)36)11-22(28)25(23)38-15-24(33)31-20-8-6-19(29)7-9-20/h3-13H,2,15H2,1H3,(H,31,33)(H,32,34)(H,35,36)/b18-10-. The number of aromatic carboxylic acids is 1. The summed E-state index contributed by atoms with van der Waals surface area (Å²) in [4.78, 5) is 36.1. The number of anilines is 2. The summed E-state index contributed by atoms with van der Waals surface area (Å²) in [6.45, 7) is 1.65. The van der Waals surface area contributed by atoms with E-state index >= 15 is 0 Å². The molecule has 2 amide bonds. The normalized spacial score (nSPS) is 10.7. The molecule has 0 fully saturated rings. The van der Waals surface area contributed by atoms with Crippen LogP contribution in [0.25, 0.3) is 6.08 Å². The van der Waals surface area contributed by atoms with Gasteiger partial charge in [-0.25, -0.2) is 9.18 Å². The number of hydrogen-bond acceptors (Lipinski definition) is 6. The van der Waals surface area contributed by atoms with Gasteiger partial charge in [0, 0.05) is 11.4 Å². The van der Waals surface area contributed by atoms with E-state index in [2.05, 4.69) is 26.6 Å². The fourth-order valence-electron chi connectivity index (χ4n) is 3.19. The second-order valence-corrected chi connectivity index (χ2v) is 8.47. The Morgan fingerprint density at radius 1 is 1.05 bits per heavy atom. The van der Waals surface area contributed by atoms with E-state index in [0.29, 0.717) is 15.7 Å². The summed E-state index contributed by atoms with van der Waals surface area (Å²) in [5.74, 6) is -2.31. The van der Waals surface area contributed by atoms with Crippen molar-refractivity contribution in [3.63, 3.8) is 0 Å². The molecule has 0 aromatic heterocycles. The maximum Gasteiger partial charge on any atom is 0.335 e. The van der Waals surface area contributed by atoms with Gasteiger partial charge in [0.25, 0.3) is 11.8 Å². The van der Waals surface area contributed by atoms with Gasteiger partial charge in [0.15, 0.2) is 18.1 Å². The summed E-state index contributed by atoms with van der Waals surface area (Å²) in [6.07, 6.45) is 1.33. The van der Waals surface area contributed by atoms with Gasteiger partial charge in [0.05, 0.1) is 16.6 Å². The predicted octanol–water partition coefficient (Wildman–Crippen LogP) is 5.25. The molecule has 3 aromatic rings. The number of halogens is 2. The average Bonchev–Trinajstić information content (AvgIpc) is 2.88. The lowest BCUT2D eigenvalue weighted by Crippen LogP contribution is -2.20. The lowest BCUT2D eigenvalue weighted by molar-refractivity contribution is -0.118. The molecule has 0 spiro atoms. The Balaban J connectivity index is 1.77. The minimum atomic E-state index is -1.15. The van der Waals surface area contributed by atoms with Crippen LogP contribution in [0.3, 0.4) is 0 Å². The molecule has 9 nitrogen and oxygen atoms in total. The van der Waals surface area contributed by atoms with Crippen LogP contribution < -0.4 is 20.1 Å². The first-order chi connectivity index (χ1) is 18.2. The van der Waals surface area contributed by atoms with Gasteiger partial charge in [0.2, 0.25) is 0 Å². The Morgan fingerprint density at radius 3 is 2.45 bits per heavy atom. The molecule has 0 unspecified atom stereocenters. The third-order valence-corrected chi connectivity index (χ3v) is 5.44. The number of nitriles is 1. The molecular formula is C27H21BrFN3O6. The summed E-state index contributed by atoms with van der Waals surface area (Å²) in [6, 6.07) is 15.8. The fourth-order valence-corrected chi connectivity index (χ4v) is 3.76. The highest BCUT2D eigenvalue weighted by atomic mass is 79.9. The maximum atomic E-state index is 13.1. The first-order valence-electron chi connectivity index (χ1n) is 11.1. The zero-order valence-electron chi connectivity index (χ0n) is 20.0. The van der Waals surface area contributed by atoms with Crippen molar-refractivity contribution in [2.75, 3.05) is 23.8 Å². The molecule has 0 aliphatic rings. The zero-order chi connectivity index (χ0) is 27.7. The van der Waals surface area contributed by atoms with E-state index in [-0.39, 0.29) is 41.5 Å². The Hall–Kier alpha value is -4.69. The van der Waals surface area contributed by atoms with Crippen LogP contribution in [0, 0.1) is 17.1 Å². The highest BCUT2D eigenvalue weighted by molar-refractivity contribution is 9.10. The second kappa shape index (κ2) is 13.0. The summed E-state index contributed by atoms with van der Waals surface area (Å²) in [7, 11) is 0. The summed E-state index contributed by atoms with van der Waals surface area (Å²) in [5, 5.41) is 23.8. The number of nitrogens with one attached hydrogen (secondary N) is 2. The Morgan fingerprint density at radius 2 is 1.79 bits per heavy atom. The van der Waals surface area contributed by atoms with E-state index in [1.54, 1.807) is 13.0 Å². The molecular weight excluding hydrogens is 561 g/mol. The fraction of sp³-hybridized carbons (Fsp3) is 0.111. The number of benzene rings is 3. The smallest absolute Gasteiger partial charge is 0.335 e. The molecule has 0 heterocycles. The van der Waals surface area contributed by atoms with Crippen LogP contribution in [0.5, 0.6) is 11.5 Å². The van der Waals surface area contributed by atoms with E-state index in [0.717, 1.165) is 0 Å². The molecule has 0 aliphatic carbocycles. The number of carboxylic acid groups (broad SMARTS) is 1. The third-order valence-electron chi connectivity index (χ3n) is 4.85. The number of ether oxygens (including phenoxy) is 2. The largest absolute Gasteiger partial charge is 0.490 e. The highest BCUT2D eigenvalue weighted by Gasteiger charge is 2.16. The van der Waals surface area contributed by atoms with Gasteiger partial charge in [0.1, 0.15) is 17.5 Å². The Labute approximate surface area is 225 Å². The van der Waals surface area contributed by atoms with E-state index in [4.69, 9.17) is 14.6 Å². The number of hydrogen-bond donors (Lipinski definition) is 3. The quantitative estimate of drug-likeness (QED) is 0.219. The molecule has 3 aromatic carbocycles. The van der Waals surface area contributed by atoms with Gasteiger partial charge < -0.3 is 25.2 Å². The average molecular weight is 582 g/mol. The monoisotopic (exact) mass is 581 g/mol. The van der Waals surface area contributed by atoms with Crippen molar-refractivity contribution in [1.29, 1.82) is 5.26 Å². The zero-order valence-corrected chi connectivity index (χ0v) is 21.5. The molecule has 38 heavy (non-hydrogen) atoms. The number of rotatable bonds is 10. The number of nitrogens with zero attached hydrogens (tertiary/aromatic N) is 1. The summed E-state index contributed by atoms with van der Waals surface area (Å²) >= 11 is 3.37. The SMILES string of the molecule is CCOc1cc(/C=C(/C#N)C(=O)Nc2cccc(C(=O)O)c2)cc(Br)c1OCC(=O)Nc1ccc(F)cc1. The lowest BCUT2D eigenvalue weighted by Gasteiger charge is -2.15. The first-order valence-corrected chi connectivity index (χ1v) is 11.9. The predicted molar refractivity (Wildman–Crippen MR) is 141 cm³/mol. The molecule has 11 heteroatoms. The van der Waals surface area contributed by atoms with Crippen LogP contribution in [0.4, 0.5) is 15.8 Å². The Bertz CT molecular complexity index is 1430. The van der Waals surface area contributed by atoms with Gasteiger partial charge in [-0.15, -0.1) is 0 Å². The number of amides is 2. The molecule has 0 saturated carbocycles. The minimum absolute atomic E-state index is 0.0162. The van der Waals surface area contributed by atoms with E-state index in [9.17, 15) is 24.0 Å². The van der Waals surface area contributed by atoms with Crippen LogP contribution in [0.2, 0.25) is 0 Å². The van der Waals surface area contributed by atoms with Crippen LogP contribution in [0.15, 0.2) is 70.7 Å². The van der Waals surface area contributed by atoms with Crippen LogP contribution in [-0.4, -0.2) is 36.1 Å². The van der Waals surface area contributed by atoms with Crippen molar-refractivity contribution in [1.82, 2.24) is 0 Å².